The van der Waals surface area contributed by atoms with Crippen molar-refractivity contribution < 1.29 is 0 Å². The zero-order valence-corrected chi connectivity index (χ0v) is 12.4. The predicted octanol–water partition coefficient (Wildman–Crippen LogP) is 0.832. The molecule has 6 heteroatoms. The Morgan fingerprint density at radius 3 is 2.28 bits per heavy atom. The summed E-state index contributed by atoms with van der Waals surface area (Å²) in [5, 5.41) is 0. The lowest BCUT2D eigenvalue weighted by molar-refractivity contribution is 0.214. The quantitative estimate of drug-likeness (QED) is 0.812. The molecule has 0 radical (unpaired) electrons. The molecule has 0 spiro atoms. The van der Waals surface area contributed by atoms with Gasteiger partial charge in [-0.2, -0.15) is 0 Å². The number of piperidine rings is 1. The first kappa shape index (κ1) is 13.5. The third-order valence-corrected chi connectivity index (χ3v) is 4.34. The maximum Gasteiger partial charge on any atom is 0.330 e. The van der Waals surface area contributed by atoms with E-state index in [1.54, 1.807) is 11.6 Å². The Labute approximate surface area is 114 Å². The second-order valence-corrected chi connectivity index (χ2v) is 5.60. The highest BCUT2D eigenvalue weighted by molar-refractivity contribution is 9.10. The highest BCUT2D eigenvalue weighted by Gasteiger charge is 2.17. The van der Waals surface area contributed by atoms with Gasteiger partial charge in [-0.3, -0.25) is 18.8 Å². The fourth-order valence-corrected chi connectivity index (χ4v) is 3.01. The van der Waals surface area contributed by atoms with Gasteiger partial charge in [0, 0.05) is 20.6 Å². The van der Waals surface area contributed by atoms with E-state index in [0.717, 1.165) is 23.4 Å². The van der Waals surface area contributed by atoms with Crippen molar-refractivity contribution in [2.45, 2.75) is 25.8 Å². The van der Waals surface area contributed by atoms with Crippen molar-refractivity contribution in [3.8, 4) is 0 Å². The normalized spacial score (nSPS) is 17.1. The van der Waals surface area contributed by atoms with E-state index in [2.05, 4.69) is 20.8 Å². The van der Waals surface area contributed by atoms with E-state index < -0.39 is 0 Å². The van der Waals surface area contributed by atoms with Crippen LogP contribution in [0.1, 0.15) is 25.0 Å². The van der Waals surface area contributed by atoms with Crippen LogP contribution in [-0.2, 0) is 20.6 Å². The van der Waals surface area contributed by atoms with Crippen LogP contribution >= 0.6 is 15.9 Å². The van der Waals surface area contributed by atoms with Gasteiger partial charge in [-0.15, -0.1) is 0 Å². The molecule has 18 heavy (non-hydrogen) atoms. The Bertz CT molecular complexity index is 518. The molecule has 1 aromatic heterocycles. The summed E-state index contributed by atoms with van der Waals surface area (Å²) in [6.07, 6.45) is 3.65. The van der Waals surface area contributed by atoms with Gasteiger partial charge in [-0.1, -0.05) is 6.42 Å². The molecule has 0 amide bonds. The Kier molecular flexibility index (Phi) is 4.07. The van der Waals surface area contributed by atoms with Crippen LogP contribution in [0.4, 0.5) is 0 Å². The molecule has 2 heterocycles. The van der Waals surface area contributed by atoms with E-state index in [4.69, 9.17) is 0 Å². The highest BCUT2D eigenvalue weighted by atomic mass is 79.9. The number of hydrogen-bond donors (Lipinski definition) is 0. The van der Waals surface area contributed by atoms with Crippen molar-refractivity contribution in [2.75, 3.05) is 13.1 Å². The van der Waals surface area contributed by atoms with Crippen LogP contribution in [-0.4, -0.2) is 27.1 Å². The second kappa shape index (κ2) is 5.40. The molecule has 0 unspecified atom stereocenters. The Morgan fingerprint density at radius 2 is 1.67 bits per heavy atom. The number of nitrogens with zero attached hydrogens (tertiary/aromatic N) is 3. The van der Waals surface area contributed by atoms with Crippen LogP contribution < -0.4 is 11.2 Å². The van der Waals surface area contributed by atoms with Crippen LogP contribution in [0.5, 0.6) is 0 Å². The van der Waals surface area contributed by atoms with Gasteiger partial charge in [0.2, 0.25) is 0 Å². The van der Waals surface area contributed by atoms with Crippen LogP contribution in [0.15, 0.2) is 14.1 Å². The summed E-state index contributed by atoms with van der Waals surface area (Å²) >= 11 is 3.32. The smallest absolute Gasteiger partial charge is 0.298 e. The summed E-state index contributed by atoms with van der Waals surface area (Å²) in [6, 6.07) is 0. The summed E-state index contributed by atoms with van der Waals surface area (Å²) in [5.74, 6) is 0. The fourth-order valence-electron chi connectivity index (χ4n) is 2.35. The van der Waals surface area contributed by atoms with E-state index in [1.807, 2.05) is 0 Å². The third-order valence-electron chi connectivity index (χ3n) is 3.55. The molecule has 0 aromatic carbocycles. The molecule has 0 aliphatic carbocycles. The van der Waals surface area contributed by atoms with Crippen molar-refractivity contribution in [3.05, 3.63) is 31.0 Å². The van der Waals surface area contributed by atoms with E-state index in [1.165, 1.54) is 26.3 Å². The number of hydrogen-bond acceptors (Lipinski definition) is 3. The largest absolute Gasteiger partial charge is 0.330 e. The molecular weight excluding hydrogens is 298 g/mol. The van der Waals surface area contributed by atoms with Gasteiger partial charge >= 0.3 is 5.69 Å². The fraction of sp³-hybridized carbons (Fsp3) is 0.667. The van der Waals surface area contributed by atoms with E-state index in [-0.39, 0.29) is 11.2 Å². The molecule has 1 aliphatic heterocycles. The highest BCUT2D eigenvalue weighted by Crippen LogP contribution is 2.16. The minimum Gasteiger partial charge on any atom is -0.298 e. The number of rotatable bonds is 2. The lowest BCUT2D eigenvalue weighted by atomic mass is 10.1. The van der Waals surface area contributed by atoms with Gasteiger partial charge in [0.05, 0.1) is 5.69 Å². The molecule has 0 bridgehead atoms. The standard InChI is InChI=1S/C12H18BrN3O2/c1-14-9(8-16-6-4-3-5-7-16)10(13)11(17)15(2)12(14)18/h3-8H2,1-2H3. The summed E-state index contributed by atoms with van der Waals surface area (Å²) in [5.41, 5.74) is 0.241. The number of aromatic nitrogens is 2. The molecule has 1 saturated heterocycles. The SMILES string of the molecule is Cn1c(CN2CCCCC2)c(Br)c(=O)n(C)c1=O. The first-order valence-electron chi connectivity index (χ1n) is 6.19. The second-order valence-electron chi connectivity index (χ2n) is 4.80. The topological polar surface area (TPSA) is 47.2 Å². The van der Waals surface area contributed by atoms with E-state index >= 15 is 0 Å². The molecule has 1 aliphatic rings. The van der Waals surface area contributed by atoms with Gasteiger partial charge in [0.15, 0.2) is 0 Å². The van der Waals surface area contributed by atoms with Crippen LogP contribution in [0.2, 0.25) is 0 Å². The summed E-state index contributed by atoms with van der Waals surface area (Å²) in [6.45, 7) is 2.73. The Balaban J connectivity index is 2.38. The maximum atomic E-state index is 11.9. The molecule has 0 saturated carbocycles. The number of likely N-dealkylation sites (tertiary alicyclic amines) is 1. The maximum absolute atomic E-state index is 11.9. The van der Waals surface area contributed by atoms with Crippen LogP contribution in [0.25, 0.3) is 0 Å². The van der Waals surface area contributed by atoms with Gasteiger partial charge in [-0.05, 0) is 41.9 Å². The average molecular weight is 316 g/mol. The minimum atomic E-state index is -0.268. The molecule has 2 rings (SSSR count). The molecule has 1 fully saturated rings. The van der Waals surface area contributed by atoms with E-state index in [9.17, 15) is 9.59 Å². The van der Waals surface area contributed by atoms with Crippen molar-refractivity contribution >= 4 is 15.9 Å². The van der Waals surface area contributed by atoms with Crippen LogP contribution in [0, 0.1) is 0 Å². The molecular formula is C12H18BrN3O2. The summed E-state index contributed by atoms with van der Waals surface area (Å²) < 4.78 is 3.18. The van der Waals surface area contributed by atoms with E-state index in [0.29, 0.717) is 11.0 Å². The molecule has 0 N–H and O–H groups in total. The van der Waals surface area contributed by atoms with Crippen molar-refractivity contribution in [2.24, 2.45) is 14.1 Å². The van der Waals surface area contributed by atoms with Crippen molar-refractivity contribution in [1.82, 2.24) is 14.0 Å². The average Bonchev–Trinajstić information content (AvgIpc) is 2.40. The summed E-state index contributed by atoms with van der Waals surface area (Å²) in [7, 11) is 3.21. The van der Waals surface area contributed by atoms with Crippen molar-refractivity contribution in [3.63, 3.8) is 0 Å². The predicted molar refractivity (Wildman–Crippen MR) is 73.8 cm³/mol. The molecule has 1 aromatic rings. The first-order valence-corrected chi connectivity index (χ1v) is 6.98. The third kappa shape index (κ3) is 2.44. The van der Waals surface area contributed by atoms with Gasteiger partial charge in [-0.25, -0.2) is 4.79 Å². The Hall–Kier alpha value is -0.880. The Morgan fingerprint density at radius 1 is 1.06 bits per heavy atom. The molecule has 0 atom stereocenters. The van der Waals surface area contributed by atoms with Crippen molar-refractivity contribution in [1.29, 1.82) is 0 Å². The molecule has 5 nitrogen and oxygen atoms in total. The zero-order valence-electron chi connectivity index (χ0n) is 10.8. The van der Waals surface area contributed by atoms with Gasteiger partial charge in [0.25, 0.3) is 5.56 Å². The lowest BCUT2D eigenvalue weighted by Crippen LogP contribution is -2.41. The zero-order chi connectivity index (χ0) is 13.3. The first-order chi connectivity index (χ1) is 8.52. The number of halogens is 1. The van der Waals surface area contributed by atoms with Crippen LogP contribution in [0.3, 0.4) is 0 Å². The van der Waals surface area contributed by atoms with Gasteiger partial charge < -0.3 is 0 Å². The minimum absolute atomic E-state index is 0.259. The lowest BCUT2D eigenvalue weighted by Gasteiger charge is -2.27. The summed E-state index contributed by atoms with van der Waals surface area (Å²) in [4.78, 5) is 26.1. The molecule has 100 valence electrons. The monoisotopic (exact) mass is 315 g/mol. The van der Waals surface area contributed by atoms with Gasteiger partial charge in [0.1, 0.15) is 4.47 Å².